The molecule has 0 heterocycles. The minimum absolute atomic E-state index is 0.288. The van der Waals surface area contributed by atoms with Gasteiger partial charge in [-0.15, -0.1) is 0 Å². The zero-order chi connectivity index (χ0) is 11.3. The van der Waals surface area contributed by atoms with E-state index >= 15 is 0 Å². The van der Waals surface area contributed by atoms with Crippen molar-refractivity contribution in [1.29, 1.82) is 0 Å². The fraction of sp³-hybridized carbons (Fsp3) is 0.182. The second-order valence-corrected chi connectivity index (χ2v) is 5.17. The third-order valence-corrected chi connectivity index (χ3v) is 2.94. The molecule has 0 atom stereocenters. The van der Waals surface area contributed by atoms with E-state index in [1.54, 1.807) is 36.4 Å². The third kappa shape index (κ3) is 3.67. The van der Waals surface area contributed by atoms with Crippen molar-refractivity contribution < 1.29 is 13.2 Å². The molecule has 0 saturated heterocycles. The molecule has 0 radical (unpaired) electrons. The topological polar surface area (TPSA) is 51.2 Å². The molecule has 0 spiro atoms. The molecule has 3 nitrogen and oxygen atoms in total. The van der Waals surface area contributed by atoms with E-state index in [1.807, 2.05) is 0 Å². The summed E-state index contributed by atoms with van der Waals surface area (Å²) in [5, 5.41) is 0. The highest BCUT2D eigenvalue weighted by Crippen LogP contribution is 2.12. The first kappa shape index (κ1) is 11.7. The van der Waals surface area contributed by atoms with Crippen molar-refractivity contribution in [3.63, 3.8) is 0 Å². The highest BCUT2D eigenvalue weighted by Gasteiger charge is 2.05. The van der Waals surface area contributed by atoms with E-state index in [2.05, 4.69) is 0 Å². The number of carbonyl (C=O) groups excluding carboxylic acids is 1. The van der Waals surface area contributed by atoms with Crippen molar-refractivity contribution in [2.75, 3.05) is 6.26 Å². The first-order chi connectivity index (χ1) is 7.04. The molecule has 0 fully saturated rings. The number of rotatable bonds is 4. The summed E-state index contributed by atoms with van der Waals surface area (Å²) in [5.74, 6) is 0. The van der Waals surface area contributed by atoms with Gasteiger partial charge >= 0.3 is 0 Å². The number of hydrogen-bond acceptors (Lipinski definition) is 3. The Morgan fingerprint density at radius 3 is 2.67 bits per heavy atom. The Morgan fingerprint density at radius 2 is 2.07 bits per heavy atom. The van der Waals surface area contributed by atoms with Gasteiger partial charge in [0.25, 0.3) is 0 Å². The third-order valence-electron chi connectivity index (χ3n) is 1.83. The van der Waals surface area contributed by atoms with E-state index in [0.717, 1.165) is 11.8 Å². The van der Waals surface area contributed by atoms with Crippen molar-refractivity contribution >= 4 is 22.2 Å². The highest BCUT2D eigenvalue weighted by molar-refractivity contribution is 7.90. The summed E-state index contributed by atoms with van der Waals surface area (Å²) in [6, 6.07) is 6.59. The predicted molar refractivity (Wildman–Crippen MR) is 59.3 cm³/mol. The fourth-order valence-electron chi connectivity index (χ4n) is 1.11. The first-order valence-corrected chi connectivity index (χ1v) is 6.33. The van der Waals surface area contributed by atoms with Gasteiger partial charge in [-0.2, -0.15) is 0 Å². The van der Waals surface area contributed by atoms with Crippen LogP contribution in [0, 0.1) is 0 Å². The van der Waals surface area contributed by atoms with Gasteiger partial charge in [0.15, 0.2) is 9.84 Å². The van der Waals surface area contributed by atoms with Crippen LogP contribution in [-0.4, -0.2) is 21.0 Å². The molecule has 0 amide bonds. The Hall–Kier alpha value is -1.42. The smallest absolute Gasteiger partial charge is 0.175 e. The lowest BCUT2D eigenvalue weighted by atomic mass is 10.2. The van der Waals surface area contributed by atoms with Crippen LogP contribution in [0.4, 0.5) is 0 Å². The minimum Gasteiger partial charge on any atom is -0.303 e. The van der Waals surface area contributed by atoms with Crippen molar-refractivity contribution in [2.24, 2.45) is 0 Å². The fourth-order valence-corrected chi connectivity index (χ4v) is 1.78. The second kappa shape index (κ2) is 4.89. The van der Waals surface area contributed by atoms with Gasteiger partial charge in [0.05, 0.1) is 4.90 Å². The molecule has 0 bridgehead atoms. The van der Waals surface area contributed by atoms with E-state index in [4.69, 9.17) is 0 Å². The van der Waals surface area contributed by atoms with E-state index in [0.29, 0.717) is 6.42 Å². The number of carbonyl (C=O) groups is 1. The van der Waals surface area contributed by atoms with Crippen LogP contribution in [-0.2, 0) is 14.6 Å². The van der Waals surface area contributed by atoms with E-state index < -0.39 is 9.84 Å². The Balaban J connectivity index is 2.98. The molecule has 0 aliphatic heterocycles. The van der Waals surface area contributed by atoms with Gasteiger partial charge in [-0.25, -0.2) is 8.42 Å². The Kier molecular flexibility index (Phi) is 3.80. The van der Waals surface area contributed by atoms with Crippen molar-refractivity contribution in [3.8, 4) is 0 Å². The highest BCUT2D eigenvalue weighted by atomic mass is 32.2. The summed E-state index contributed by atoms with van der Waals surface area (Å²) >= 11 is 0. The summed E-state index contributed by atoms with van der Waals surface area (Å²) in [5.41, 5.74) is 0.778. The molecule has 0 unspecified atom stereocenters. The summed E-state index contributed by atoms with van der Waals surface area (Å²) in [7, 11) is -3.16. The van der Waals surface area contributed by atoms with Crippen LogP contribution in [0.2, 0.25) is 0 Å². The standard InChI is InChI=1S/C11H12O3S/c1-15(13,14)11-7-4-6-10(9-11)5-2-3-8-12/h2,4-9H,3H2,1H3. The second-order valence-electron chi connectivity index (χ2n) is 3.15. The Morgan fingerprint density at radius 1 is 1.33 bits per heavy atom. The predicted octanol–water partition coefficient (Wildman–Crippen LogP) is 1.69. The number of hydrogen-bond donors (Lipinski definition) is 0. The SMILES string of the molecule is CS(=O)(=O)c1cccc(C=CCC=O)c1. The zero-order valence-electron chi connectivity index (χ0n) is 8.38. The summed E-state index contributed by atoms with van der Waals surface area (Å²) < 4.78 is 22.5. The molecule has 4 heteroatoms. The first-order valence-electron chi connectivity index (χ1n) is 4.44. The molecular formula is C11H12O3S. The zero-order valence-corrected chi connectivity index (χ0v) is 9.20. The van der Waals surface area contributed by atoms with Crippen LogP contribution >= 0.6 is 0 Å². The molecule has 0 aliphatic carbocycles. The maximum Gasteiger partial charge on any atom is 0.175 e. The van der Waals surface area contributed by atoms with Crippen LogP contribution in [0.3, 0.4) is 0 Å². The van der Waals surface area contributed by atoms with Gasteiger partial charge in [-0.05, 0) is 17.7 Å². The van der Waals surface area contributed by atoms with Gasteiger partial charge in [0, 0.05) is 12.7 Å². The van der Waals surface area contributed by atoms with Gasteiger partial charge < -0.3 is 4.79 Å². The largest absolute Gasteiger partial charge is 0.303 e. The average Bonchev–Trinajstić information content (AvgIpc) is 2.17. The molecule has 1 rings (SSSR count). The monoisotopic (exact) mass is 224 g/mol. The van der Waals surface area contributed by atoms with Gasteiger partial charge in [-0.3, -0.25) is 0 Å². The molecule has 15 heavy (non-hydrogen) atoms. The van der Waals surface area contributed by atoms with E-state index in [1.165, 1.54) is 6.26 Å². The molecule has 0 aromatic heterocycles. The van der Waals surface area contributed by atoms with E-state index in [-0.39, 0.29) is 4.90 Å². The molecule has 1 aromatic rings. The summed E-state index contributed by atoms with van der Waals surface area (Å²) in [6.45, 7) is 0. The quantitative estimate of drug-likeness (QED) is 0.731. The molecule has 0 aliphatic rings. The molecule has 0 saturated carbocycles. The molecular weight excluding hydrogens is 212 g/mol. The van der Waals surface area contributed by atoms with E-state index in [9.17, 15) is 13.2 Å². The van der Waals surface area contributed by atoms with Crippen LogP contribution in [0.1, 0.15) is 12.0 Å². The van der Waals surface area contributed by atoms with Gasteiger partial charge in [0.1, 0.15) is 6.29 Å². The lowest BCUT2D eigenvalue weighted by Crippen LogP contribution is -1.96. The number of benzene rings is 1. The van der Waals surface area contributed by atoms with Crippen LogP contribution in [0.25, 0.3) is 6.08 Å². The minimum atomic E-state index is -3.16. The summed E-state index contributed by atoms with van der Waals surface area (Å²) in [6.07, 6.45) is 5.71. The Bertz CT molecular complexity index is 472. The van der Waals surface area contributed by atoms with Crippen LogP contribution in [0.5, 0.6) is 0 Å². The summed E-state index contributed by atoms with van der Waals surface area (Å²) in [4.78, 5) is 10.4. The molecule has 80 valence electrons. The molecule has 0 N–H and O–H groups in total. The van der Waals surface area contributed by atoms with Crippen LogP contribution in [0.15, 0.2) is 35.2 Å². The van der Waals surface area contributed by atoms with Crippen molar-refractivity contribution in [2.45, 2.75) is 11.3 Å². The van der Waals surface area contributed by atoms with Gasteiger partial charge in [0.2, 0.25) is 0 Å². The van der Waals surface area contributed by atoms with Crippen molar-refractivity contribution in [1.82, 2.24) is 0 Å². The van der Waals surface area contributed by atoms with Crippen molar-refractivity contribution in [3.05, 3.63) is 35.9 Å². The maximum atomic E-state index is 11.2. The van der Waals surface area contributed by atoms with Crippen LogP contribution < -0.4 is 0 Å². The molecule has 1 aromatic carbocycles. The average molecular weight is 224 g/mol. The lowest BCUT2D eigenvalue weighted by Gasteiger charge is -1.99. The Labute approximate surface area is 89.4 Å². The number of aldehydes is 1. The normalized spacial score (nSPS) is 11.8. The maximum absolute atomic E-state index is 11.2. The van der Waals surface area contributed by atoms with Gasteiger partial charge in [-0.1, -0.05) is 24.3 Å². The number of sulfone groups is 1. The number of allylic oxidation sites excluding steroid dienone is 1. The lowest BCUT2D eigenvalue weighted by molar-refractivity contribution is -0.107.